The molecule has 2 aliphatic heterocycles. The molecule has 88 valence electrons. The molecule has 0 radical (unpaired) electrons. The molecule has 3 heterocycles. The van der Waals surface area contributed by atoms with Crippen LogP contribution >= 0.6 is 0 Å². The van der Waals surface area contributed by atoms with Crippen molar-refractivity contribution in [2.45, 2.75) is 51.1 Å². The molecule has 4 heteroatoms. The minimum atomic E-state index is 0.180. The summed E-state index contributed by atoms with van der Waals surface area (Å²) in [5, 5.41) is 4.28. The SMILES string of the molecule is Cc1cnn(C)c1[C@@H]1CC[C@@H]2O[C@@H]2[C@H](C)O1. The highest BCUT2D eigenvalue weighted by atomic mass is 16.6. The van der Waals surface area contributed by atoms with Gasteiger partial charge in [0.2, 0.25) is 0 Å². The van der Waals surface area contributed by atoms with E-state index in [0.29, 0.717) is 12.2 Å². The second-order valence-corrected chi connectivity index (χ2v) is 4.88. The third kappa shape index (κ3) is 1.57. The maximum atomic E-state index is 6.09. The predicted molar refractivity (Wildman–Crippen MR) is 59.1 cm³/mol. The van der Waals surface area contributed by atoms with Crippen LogP contribution in [0.4, 0.5) is 0 Å². The molecular formula is C12H18N2O2. The van der Waals surface area contributed by atoms with Gasteiger partial charge in [0.05, 0.1) is 30.2 Å². The van der Waals surface area contributed by atoms with E-state index in [0.717, 1.165) is 12.8 Å². The number of rotatable bonds is 1. The molecule has 0 amide bonds. The Hall–Kier alpha value is -0.870. The van der Waals surface area contributed by atoms with Gasteiger partial charge in [-0.15, -0.1) is 0 Å². The first-order chi connectivity index (χ1) is 7.66. The number of nitrogens with zero attached hydrogens (tertiary/aromatic N) is 2. The van der Waals surface area contributed by atoms with E-state index in [1.54, 1.807) is 0 Å². The quantitative estimate of drug-likeness (QED) is 0.679. The smallest absolute Gasteiger partial charge is 0.110 e. The summed E-state index contributed by atoms with van der Waals surface area (Å²) in [7, 11) is 1.98. The summed E-state index contributed by atoms with van der Waals surface area (Å²) in [6, 6.07) is 0. The highest BCUT2D eigenvalue weighted by molar-refractivity contribution is 5.19. The van der Waals surface area contributed by atoms with Crippen LogP contribution in [0, 0.1) is 6.92 Å². The molecule has 0 aliphatic carbocycles. The van der Waals surface area contributed by atoms with Crippen molar-refractivity contribution < 1.29 is 9.47 Å². The maximum absolute atomic E-state index is 6.09. The van der Waals surface area contributed by atoms with Crippen LogP contribution in [0.2, 0.25) is 0 Å². The van der Waals surface area contributed by atoms with E-state index in [1.165, 1.54) is 11.3 Å². The van der Waals surface area contributed by atoms with Crippen molar-refractivity contribution in [1.29, 1.82) is 0 Å². The Morgan fingerprint density at radius 3 is 2.88 bits per heavy atom. The zero-order valence-electron chi connectivity index (χ0n) is 10.0. The fraction of sp³-hybridized carbons (Fsp3) is 0.750. The van der Waals surface area contributed by atoms with Crippen LogP contribution in [-0.4, -0.2) is 28.1 Å². The van der Waals surface area contributed by atoms with Crippen LogP contribution in [0.3, 0.4) is 0 Å². The lowest BCUT2D eigenvalue weighted by Crippen LogP contribution is -2.19. The highest BCUT2D eigenvalue weighted by Crippen LogP contribution is 2.40. The monoisotopic (exact) mass is 222 g/mol. The normalized spacial score (nSPS) is 37.9. The predicted octanol–water partition coefficient (Wildman–Crippen LogP) is 1.74. The van der Waals surface area contributed by atoms with Crippen LogP contribution in [0.15, 0.2) is 6.20 Å². The van der Waals surface area contributed by atoms with Gasteiger partial charge in [-0.3, -0.25) is 4.68 Å². The van der Waals surface area contributed by atoms with Gasteiger partial charge in [-0.1, -0.05) is 0 Å². The average Bonchev–Trinajstić information content (AvgIpc) is 2.96. The van der Waals surface area contributed by atoms with Gasteiger partial charge in [0.1, 0.15) is 6.10 Å². The molecule has 0 bridgehead atoms. The van der Waals surface area contributed by atoms with Gasteiger partial charge in [-0.05, 0) is 32.3 Å². The molecule has 0 spiro atoms. The molecule has 1 aromatic rings. The molecule has 2 saturated heterocycles. The van der Waals surface area contributed by atoms with Crippen molar-refractivity contribution in [3.8, 4) is 0 Å². The molecule has 1 aromatic heterocycles. The summed E-state index contributed by atoms with van der Waals surface area (Å²) >= 11 is 0. The topological polar surface area (TPSA) is 39.6 Å². The molecule has 4 atom stereocenters. The molecule has 3 rings (SSSR count). The maximum Gasteiger partial charge on any atom is 0.110 e. The van der Waals surface area contributed by atoms with E-state index in [-0.39, 0.29) is 12.2 Å². The lowest BCUT2D eigenvalue weighted by molar-refractivity contribution is -0.0248. The number of fused-ring (bicyclic) bond motifs is 1. The molecule has 4 nitrogen and oxygen atoms in total. The van der Waals surface area contributed by atoms with E-state index < -0.39 is 0 Å². The lowest BCUT2D eigenvalue weighted by atomic mass is 10.1. The average molecular weight is 222 g/mol. The Balaban J connectivity index is 1.84. The van der Waals surface area contributed by atoms with Gasteiger partial charge < -0.3 is 9.47 Å². The van der Waals surface area contributed by atoms with Gasteiger partial charge in [-0.25, -0.2) is 0 Å². The zero-order valence-corrected chi connectivity index (χ0v) is 10.0. The summed E-state index contributed by atoms with van der Waals surface area (Å²) in [5.41, 5.74) is 2.43. The Morgan fingerprint density at radius 2 is 2.19 bits per heavy atom. The van der Waals surface area contributed by atoms with E-state index >= 15 is 0 Å². The molecule has 0 unspecified atom stereocenters. The van der Waals surface area contributed by atoms with E-state index in [1.807, 2.05) is 17.9 Å². The first-order valence-electron chi connectivity index (χ1n) is 5.96. The van der Waals surface area contributed by atoms with Gasteiger partial charge in [-0.2, -0.15) is 5.10 Å². The number of epoxide rings is 1. The number of ether oxygens (including phenoxy) is 2. The number of hydrogen-bond donors (Lipinski definition) is 0. The minimum Gasteiger partial charge on any atom is -0.367 e. The molecule has 0 N–H and O–H groups in total. The van der Waals surface area contributed by atoms with E-state index in [2.05, 4.69) is 18.9 Å². The fourth-order valence-electron chi connectivity index (χ4n) is 2.74. The fourth-order valence-corrected chi connectivity index (χ4v) is 2.74. The Bertz CT molecular complexity index is 382. The van der Waals surface area contributed by atoms with E-state index in [4.69, 9.17) is 9.47 Å². The first-order valence-corrected chi connectivity index (χ1v) is 5.96. The highest BCUT2D eigenvalue weighted by Gasteiger charge is 2.47. The van der Waals surface area contributed by atoms with Crippen molar-refractivity contribution in [3.05, 3.63) is 17.5 Å². The molecule has 0 aromatic carbocycles. The largest absolute Gasteiger partial charge is 0.367 e. The van der Waals surface area contributed by atoms with E-state index in [9.17, 15) is 0 Å². The molecule has 2 fully saturated rings. The van der Waals surface area contributed by atoms with Crippen molar-refractivity contribution in [2.24, 2.45) is 7.05 Å². The van der Waals surface area contributed by atoms with Gasteiger partial charge in [0.25, 0.3) is 0 Å². The van der Waals surface area contributed by atoms with Crippen LogP contribution < -0.4 is 0 Å². The summed E-state index contributed by atoms with van der Waals surface area (Å²) in [6.07, 6.45) is 5.19. The van der Waals surface area contributed by atoms with Crippen LogP contribution in [0.25, 0.3) is 0 Å². The standard InChI is InChI=1S/C12H18N2O2/c1-7-6-13-14(3)11(7)9-4-5-10-12(16-10)8(2)15-9/h6,8-10,12H,4-5H2,1-3H3/t8-,9-,10-,12+/m0/s1. The van der Waals surface area contributed by atoms with Crippen LogP contribution in [0.5, 0.6) is 0 Å². The third-order valence-electron chi connectivity index (χ3n) is 3.66. The summed E-state index contributed by atoms with van der Waals surface area (Å²) in [4.78, 5) is 0. The summed E-state index contributed by atoms with van der Waals surface area (Å²) < 4.78 is 13.6. The molecular weight excluding hydrogens is 204 g/mol. The molecule has 16 heavy (non-hydrogen) atoms. The lowest BCUT2D eigenvalue weighted by Gasteiger charge is -2.20. The van der Waals surface area contributed by atoms with Crippen molar-refractivity contribution >= 4 is 0 Å². The van der Waals surface area contributed by atoms with Crippen LogP contribution in [-0.2, 0) is 16.5 Å². The summed E-state index contributed by atoms with van der Waals surface area (Å²) in [5.74, 6) is 0. The Labute approximate surface area is 95.5 Å². The first kappa shape index (κ1) is 10.3. The Morgan fingerprint density at radius 1 is 1.38 bits per heavy atom. The van der Waals surface area contributed by atoms with Crippen molar-refractivity contribution in [3.63, 3.8) is 0 Å². The van der Waals surface area contributed by atoms with Gasteiger partial charge in [0, 0.05) is 7.05 Å². The summed E-state index contributed by atoms with van der Waals surface area (Å²) in [6.45, 7) is 4.20. The van der Waals surface area contributed by atoms with Crippen molar-refractivity contribution in [1.82, 2.24) is 9.78 Å². The van der Waals surface area contributed by atoms with Crippen LogP contribution in [0.1, 0.15) is 37.1 Å². The second-order valence-electron chi connectivity index (χ2n) is 4.88. The Kier molecular flexibility index (Phi) is 2.30. The van der Waals surface area contributed by atoms with Crippen molar-refractivity contribution in [2.75, 3.05) is 0 Å². The number of aryl methyl sites for hydroxylation is 2. The molecule has 2 aliphatic rings. The molecule has 0 saturated carbocycles. The number of hydrogen-bond acceptors (Lipinski definition) is 3. The van der Waals surface area contributed by atoms with Gasteiger partial charge in [0.15, 0.2) is 0 Å². The minimum absolute atomic E-state index is 0.180. The number of aromatic nitrogens is 2. The van der Waals surface area contributed by atoms with Gasteiger partial charge >= 0.3 is 0 Å². The second kappa shape index (κ2) is 3.57. The third-order valence-corrected chi connectivity index (χ3v) is 3.66. The zero-order chi connectivity index (χ0) is 11.3.